The van der Waals surface area contributed by atoms with Gasteiger partial charge in [-0.25, -0.2) is 0 Å². The second kappa shape index (κ2) is 40.0. The molecule has 52 heavy (non-hydrogen) atoms. The van der Waals surface area contributed by atoms with Crippen molar-refractivity contribution in [2.45, 2.75) is 233 Å². The second-order valence-corrected chi connectivity index (χ2v) is 16.4. The maximum absolute atomic E-state index is 6.50. The van der Waals surface area contributed by atoms with Crippen LogP contribution in [0.2, 0.25) is 0 Å². The van der Waals surface area contributed by atoms with Crippen LogP contribution in [0.5, 0.6) is 5.75 Å². The average Bonchev–Trinajstić information content (AvgIpc) is 3.16. The number of para-hydroxylation sites is 1. The Morgan fingerprint density at radius 2 is 0.731 bits per heavy atom. The van der Waals surface area contributed by atoms with Gasteiger partial charge in [-0.2, -0.15) is 0 Å². The molecule has 1 rings (SSSR count). The summed E-state index contributed by atoms with van der Waals surface area (Å²) >= 11 is 0. The molecule has 1 aromatic rings. The van der Waals surface area contributed by atoms with Crippen molar-refractivity contribution in [2.24, 2.45) is 0 Å². The third-order valence-electron chi connectivity index (χ3n) is 10.1. The maximum Gasteiger partial charge on any atom is 0.397 e. The first-order valence-corrected chi connectivity index (χ1v) is 23.8. The van der Waals surface area contributed by atoms with Gasteiger partial charge in [-0.3, -0.25) is 9.05 Å². The van der Waals surface area contributed by atoms with Gasteiger partial charge in [0, 0.05) is 13.2 Å². The van der Waals surface area contributed by atoms with E-state index < -0.39 is 8.60 Å². The smallest absolute Gasteiger partial charge is 0.397 e. The van der Waals surface area contributed by atoms with Crippen molar-refractivity contribution in [3.63, 3.8) is 0 Å². The highest BCUT2D eigenvalue weighted by molar-refractivity contribution is 7.42. The van der Waals surface area contributed by atoms with Crippen molar-refractivity contribution in [3.05, 3.63) is 30.3 Å². The van der Waals surface area contributed by atoms with Crippen LogP contribution in [0.25, 0.3) is 0 Å². The van der Waals surface area contributed by atoms with E-state index in [-0.39, 0.29) is 12.2 Å². The lowest BCUT2D eigenvalue weighted by atomic mass is 10.1. The Bertz CT molecular complexity index is 765. The normalized spacial score (nSPS) is 13.4. The fourth-order valence-corrected chi connectivity index (χ4v) is 7.70. The zero-order valence-electron chi connectivity index (χ0n) is 35.1. The van der Waals surface area contributed by atoms with Crippen LogP contribution >= 0.6 is 8.60 Å². The molecule has 0 saturated heterocycles. The Labute approximate surface area is 325 Å². The SMILES string of the molecule is CCCCCCCCCCOC(CCCCCCCC)COP(OCC(CCCCCCCC)OCCCCCCCCCC)Oc1ccccc1. The maximum atomic E-state index is 6.50. The van der Waals surface area contributed by atoms with Crippen molar-refractivity contribution in [1.29, 1.82) is 0 Å². The second-order valence-electron chi connectivity index (χ2n) is 15.3. The Kier molecular flexibility index (Phi) is 37.9. The lowest BCUT2D eigenvalue weighted by molar-refractivity contribution is -0.00608. The van der Waals surface area contributed by atoms with E-state index in [1.165, 1.54) is 167 Å². The van der Waals surface area contributed by atoms with Gasteiger partial charge < -0.3 is 14.0 Å². The van der Waals surface area contributed by atoms with E-state index in [0.29, 0.717) is 13.2 Å². The first-order chi connectivity index (χ1) is 25.7. The van der Waals surface area contributed by atoms with E-state index in [4.69, 9.17) is 23.0 Å². The molecule has 0 N–H and O–H groups in total. The number of hydrogen-bond donors (Lipinski definition) is 0. The van der Waals surface area contributed by atoms with E-state index in [9.17, 15) is 0 Å². The summed E-state index contributed by atoms with van der Waals surface area (Å²) in [5.74, 6) is 0.785. The van der Waals surface area contributed by atoms with Crippen LogP contribution in [-0.4, -0.2) is 38.6 Å². The summed E-state index contributed by atoms with van der Waals surface area (Å²) in [7, 11) is -1.58. The Morgan fingerprint density at radius 3 is 1.10 bits per heavy atom. The molecule has 0 spiro atoms. The van der Waals surface area contributed by atoms with Crippen molar-refractivity contribution in [2.75, 3.05) is 26.4 Å². The van der Waals surface area contributed by atoms with Crippen LogP contribution in [0.15, 0.2) is 30.3 Å². The molecular formula is C46H87O5P. The van der Waals surface area contributed by atoms with Gasteiger partial charge in [0.15, 0.2) is 0 Å². The molecule has 6 heteroatoms. The molecular weight excluding hydrogens is 663 g/mol. The molecule has 0 amide bonds. The number of unbranched alkanes of at least 4 members (excludes halogenated alkanes) is 24. The molecule has 2 unspecified atom stereocenters. The van der Waals surface area contributed by atoms with Crippen molar-refractivity contribution >= 4 is 8.60 Å². The fraction of sp³-hybridized carbons (Fsp3) is 0.870. The van der Waals surface area contributed by atoms with Gasteiger partial charge in [-0.1, -0.05) is 213 Å². The summed E-state index contributed by atoms with van der Waals surface area (Å²) in [5, 5.41) is 0. The highest BCUT2D eigenvalue weighted by Crippen LogP contribution is 2.41. The molecule has 0 saturated carbocycles. The molecule has 2 atom stereocenters. The molecule has 0 heterocycles. The summed E-state index contributed by atoms with van der Waals surface area (Å²) < 4.78 is 32.3. The van der Waals surface area contributed by atoms with Gasteiger partial charge >= 0.3 is 8.60 Å². The number of ether oxygens (including phenoxy) is 2. The van der Waals surface area contributed by atoms with Crippen LogP contribution in [-0.2, 0) is 18.5 Å². The molecule has 0 aliphatic rings. The minimum absolute atomic E-state index is 0.0702. The third kappa shape index (κ3) is 32.7. The van der Waals surface area contributed by atoms with E-state index in [2.05, 4.69) is 27.7 Å². The molecule has 306 valence electrons. The number of rotatable bonds is 42. The highest BCUT2D eigenvalue weighted by Gasteiger charge is 2.22. The molecule has 1 aromatic carbocycles. The van der Waals surface area contributed by atoms with Crippen molar-refractivity contribution < 1.29 is 23.0 Å². The molecule has 0 fully saturated rings. The zero-order valence-corrected chi connectivity index (χ0v) is 36.0. The van der Waals surface area contributed by atoms with E-state index in [0.717, 1.165) is 44.6 Å². The zero-order chi connectivity index (χ0) is 37.4. The third-order valence-corrected chi connectivity index (χ3v) is 11.2. The van der Waals surface area contributed by atoms with Crippen LogP contribution in [0.4, 0.5) is 0 Å². The Hall–Kier alpha value is -0.710. The van der Waals surface area contributed by atoms with Gasteiger partial charge in [-0.15, -0.1) is 0 Å². The van der Waals surface area contributed by atoms with E-state index in [1.807, 2.05) is 30.3 Å². The lowest BCUT2D eigenvalue weighted by Gasteiger charge is -2.24. The lowest BCUT2D eigenvalue weighted by Crippen LogP contribution is -2.23. The molecule has 0 aromatic heterocycles. The average molecular weight is 751 g/mol. The van der Waals surface area contributed by atoms with Crippen LogP contribution in [0, 0.1) is 0 Å². The first-order valence-electron chi connectivity index (χ1n) is 22.8. The molecule has 0 bridgehead atoms. The highest BCUT2D eigenvalue weighted by atomic mass is 31.2. The largest absolute Gasteiger partial charge is 0.427 e. The predicted octanol–water partition coefficient (Wildman–Crippen LogP) is 15.9. The molecule has 5 nitrogen and oxygen atoms in total. The number of hydrogen-bond acceptors (Lipinski definition) is 5. The minimum Gasteiger partial charge on any atom is -0.427 e. The van der Waals surface area contributed by atoms with Gasteiger partial charge in [0.2, 0.25) is 0 Å². The van der Waals surface area contributed by atoms with E-state index >= 15 is 0 Å². The Balaban J connectivity index is 2.73. The molecule has 0 radical (unpaired) electrons. The van der Waals surface area contributed by atoms with Crippen molar-refractivity contribution in [3.8, 4) is 5.75 Å². The van der Waals surface area contributed by atoms with E-state index in [1.54, 1.807) is 0 Å². The fourth-order valence-electron chi connectivity index (χ4n) is 6.65. The summed E-state index contributed by atoms with van der Waals surface area (Å²) in [6.45, 7) is 11.8. The number of benzene rings is 1. The van der Waals surface area contributed by atoms with Gasteiger partial charge in [0.25, 0.3) is 0 Å². The standard InChI is InChI=1S/C46H87O5P/c1-5-9-13-17-21-23-27-34-40-47-45(38-30-25-19-15-11-7-3)42-49-52(51-44-36-32-29-33-37-44)50-43-46(39-31-26-20-16-12-8-4)48-41-35-28-24-22-18-14-10-6-2/h29,32-33,36-37,45-46H,5-28,30-31,34-35,38-43H2,1-4H3. The first kappa shape index (κ1) is 49.3. The predicted molar refractivity (Wildman–Crippen MR) is 227 cm³/mol. The minimum atomic E-state index is -1.58. The topological polar surface area (TPSA) is 46.2 Å². The van der Waals surface area contributed by atoms with Gasteiger partial charge in [0.05, 0.1) is 25.4 Å². The summed E-state index contributed by atoms with van der Waals surface area (Å²) in [6.07, 6.45) is 38.6. The quantitative estimate of drug-likeness (QED) is 0.0492. The van der Waals surface area contributed by atoms with Crippen LogP contribution in [0.3, 0.4) is 0 Å². The summed E-state index contributed by atoms with van der Waals surface area (Å²) in [4.78, 5) is 0. The summed E-state index contributed by atoms with van der Waals surface area (Å²) in [5.41, 5.74) is 0. The Morgan fingerprint density at radius 1 is 0.404 bits per heavy atom. The van der Waals surface area contributed by atoms with Crippen LogP contribution < -0.4 is 4.52 Å². The molecule has 0 aliphatic carbocycles. The molecule has 0 aliphatic heterocycles. The van der Waals surface area contributed by atoms with Gasteiger partial charge in [-0.05, 0) is 37.8 Å². The van der Waals surface area contributed by atoms with Crippen LogP contribution in [0.1, 0.15) is 220 Å². The van der Waals surface area contributed by atoms with Gasteiger partial charge in [0.1, 0.15) is 5.75 Å². The van der Waals surface area contributed by atoms with Crippen molar-refractivity contribution in [1.82, 2.24) is 0 Å². The summed E-state index contributed by atoms with van der Waals surface area (Å²) in [6, 6.07) is 10.0. The monoisotopic (exact) mass is 751 g/mol.